The first-order valence-electron chi connectivity index (χ1n) is 7.03. The number of carbonyl (C=O) groups excluding carboxylic acids is 1. The van der Waals surface area contributed by atoms with Gasteiger partial charge in [0.1, 0.15) is 6.54 Å². The van der Waals surface area contributed by atoms with Gasteiger partial charge in [0.25, 0.3) is 0 Å². The normalized spacial score (nSPS) is 15.0. The monoisotopic (exact) mass is 310 g/mol. The molecule has 1 aliphatic carbocycles. The summed E-state index contributed by atoms with van der Waals surface area (Å²) < 4.78 is 0. The molecule has 6 heteroatoms. The highest BCUT2D eigenvalue weighted by atomic mass is 35.5. The lowest BCUT2D eigenvalue weighted by Gasteiger charge is -2.27. The molecule has 0 radical (unpaired) electrons. The zero-order valence-electron chi connectivity index (χ0n) is 11.9. The molecular weight excluding hydrogens is 292 g/mol. The molecule has 2 rings (SSSR count). The lowest BCUT2D eigenvalue weighted by atomic mass is 10.2. The second-order valence-electron chi connectivity index (χ2n) is 5.37. The number of nitrogens with zero attached hydrogens (tertiary/aromatic N) is 1. The van der Waals surface area contributed by atoms with Crippen molar-refractivity contribution in [2.45, 2.75) is 38.6 Å². The molecule has 1 aliphatic rings. The van der Waals surface area contributed by atoms with Crippen molar-refractivity contribution < 1.29 is 14.7 Å². The molecule has 0 saturated heterocycles. The van der Waals surface area contributed by atoms with E-state index in [4.69, 9.17) is 16.7 Å². The Kier molecular flexibility index (Phi) is 5.07. The van der Waals surface area contributed by atoms with E-state index < -0.39 is 12.0 Å². The van der Waals surface area contributed by atoms with E-state index >= 15 is 0 Å². The second-order valence-corrected chi connectivity index (χ2v) is 5.78. The molecule has 0 bridgehead atoms. The smallest absolute Gasteiger partial charge is 0.323 e. The minimum atomic E-state index is -1.01. The van der Waals surface area contributed by atoms with Crippen LogP contribution in [0.2, 0.25) is 5.02 Å². The molecule has 0 spiro atoms. The first-order chi connectivity index (χ1) is 9.97. The van der Waals surface area contributed by atoms with Crippen molar-refractivity contribution in [1.29, 1.82) is 0 Å². The third-order valence-corrected chi connectivity index (χ3v) is 4.01. The number of carboxylic acids is 1. The van der Waals surface area contributed by atoms with Crippen LogP contribution in [0.4, 0.5) is 10.5 Å². The van der Waals surface area contributed by atoms with E-state index in [1.807, 2.05) is 13.0 Å². The highest BCUT2D eigenvalue weighted by Gasteiger charge is 2.28. The summed E-state index contributed by atoms with van der Waals surface area (Å²) in [5, 5.41) is 12.2. The van der Waals surface area contributed by atoms with Crippen LogP contribution in [0.3, 0.4) is 0 Å². The topological polar surface area (TPSA) is 69.6 Å². The Balaban J connectivity index is 2.11. The molecule has 2 N–H and O–H groups in total. The Morgan fingerprint density at radius 1 is 1.38 bits per heavy atom. The molecule has 1 saturated carbocycles. The Hall–Kier alpha value is -1.75. The zero-order chi connectivity index (χ0) is 15.4. The van der Waals surface area contributed by atoms with Crippen molar-refractivity contribution in [1.82, 2.24) is 4.90 Å². The van der Waals surface area contributed by atoms with Crippen molar-refractivity contribution >= 4 is 29.3 Å². The van der Waals surface area contributed by atoms with Gasteiger partial charge >= 0.3 is 12.0 Å². The molecule has 1 aromatic rings. The van der Waals surface area contributed by atoms with Gasteiger partial charge in [0.2, 0.25) is 0 Å². The number of carbonyl (C=O) groups is 2. The van der Waals surface area contributed by atoms with Gasteiger partial charge < -0.3 is 15.3 Å². The standard InChI is InChI=1S/C15H19ClN2O3/c1-10-6-7-13(12(16)8-10)17-15(21)18(9-14(19)20)11-4-2-3-5-11/h6-8,11H,2-5,9H2,1H3,(H,17,21)(H,19,20). The molecule has 0 aromatic heterocycles. The largest absolute Gasteiger partial charge is 0.480 e. The summed E-state index contributed by atoms with van der Waals surface area (Å²) in [6, 6.07) is 4.91. The average molecular weight is 311 g/mol. The fourth-order valence-electron chi connectivity index (χ4n) is 2.64. The van der Waals surface area contributed by atoms with Crippen LogP contribution >= 0.6 is 11.6 Å². The number of halogens is 1. The number of urea groups is 1. The molecule has 5 nitrogen and oxygen atoms in total. The zero-order valence-corrected chi connectivity index (χ0v) is 12.7. The van der Waals surface area contributed by atoms with Crippen molar-refractivity contribution in [3.63, 3.8) is 0 Å². The third kappa shape index (κ3) is 4.11. The second kappa shape index (κ2) is 6.80. The van der Waals surface area contributed by atoms with E-state index in [2.05, 4.69) is 5.32 Å². The van der Waals surface area contributed by atoms with E-state index in [1.54, 1.807) is 12.1 Å². The van der Waals surface area contributed by atoms with Gasteiger partial charge in [-0.1, -0.05) is 30.5 Å². The van der Waals surface area contributed by atoms with Crippen LogP contribution in [0.5, 0.6) is 0 Å². The Morgan fingerprint density at radius 2 is 2.05 bits per heavy atom. The molecule has 2 amide bonds. The van der Waals surface area contributed by atoms with Crippen LogP contribution in [-0.4, -0.2) is 34.6 Å². The number of hydrogen-bond acceptors (Lipinski definition) is 2. The van der Waals surface area contributed by atoms with Gasteiger partial charge in [0.15, 0.2) is 0 Å². The van der Waals surface area contributed by atoms with E-state index in [0.717, 1.165) is 31.2 Å². The minimum absolute atomic E-state index is 0.00896. The number of nitrogens with one attached hydrogen (secondary N) is 1. The quantitative estimate of drug-likeness (QED) is 0.894. The number of aryl methyl sites for hydroxylation is 1. The summed E-state index contributed by atoms with van der Waals surface area (Å²) >= 11 is 6.09. The van der Waals surface area contributed by atoms with Crippen molar-refractivity contribution in [2.75, 3.05) is 11.9 Å². The Morgan fingerprint density at radius 3 is 2.62 bits per heavy atom. The number of amides is 2. The van der Waals surface area contributed by atoms with E-state index in [9.17, 15) is 9.59 Å². The maximum Gasteiger partial charge on any atom is 0.323 e. The summed E-state index contributed by atoms with van der Waals surface area (Å²) in [7, 11) is 0. The summed E-state index contributed by atoms with van der Waals surface area (Å²) in [4.78, 5) is 24.7. The first-order valence-corrected chi connectivity index (χ1v) is 7.40. The summed E-state index contributed by atoms with van der Waals surface area (Å²) in [5.41, 5.74) is 1.50. The number of aliphatic carboxylic acids is 1. The fourth-order valence-corrected chi connectivity index (χ4v) is 2.92. The van der Waals surface area contributed by atoms with Gasteiger partial charge in [-0.2, -0.15) is 0 Å². The lowest BCUT2D eigenvalue weighted by Crippen LogP contribution is -2.44. The number of hydrogen-bond donors (Lipinski definition) is 2. The highest BCUT2D eigenvalue weighted by molar-refractivity contribution is 6.33. The van der Waals surface area contributed by atoms with Gasteiger partial charge in [-0.15, -0.1) is 0 Å². The third-order valence-electron chi connectivity index (χ3n) is 3.70. The van der Waals surface area contributed by atoms with E-state index in [-0.39, 0.29) is 12.6 Å². The Labute approximate surface area is 128 Å². The summed E-state index contributed by atoms with van der Waals surface area (Å²) in [6.45, 7) is 1.62. The van der Waals surface area contributed by atoms with Crippen LogP contribution < -0.4 is 5.32 Å². The van der Waals surface area contributed by atoms with Crippen LogP contribution in [0.1, 0.15) is 31.2 Å². The number of benzene rings is 1. The first kappa shape index (κ1) is 15.6. The Bertz CT molecular complexity index is 542. The molecule has 0 atom stereocenters. The SMILES string of the molecule is Cc1ccc(NC(=O)N(CC(=O)O)C2CCCC2)c(Cl)c1. The average Bonchev–Trinajstić information content (AvgIpc) is 2.92. The van der Waals surface area contributed by atoms with Crippen molar-refractivity contribution in [2.24, 2.45) is 0 Å². The fraction of sp³-hybridized carbons (Fsp3) is 0.467. The molecule has 114 valence electrons. The van der Waals surface area contributed by atoms with Crippen LogP contribution in [-0.2, 0) is 4.79 Å². The molecular formula is C15H19ClN2O3. The van der Waals surface area contributed by atoms with Crippen molar-refractivity contribution in [3.8, 4) is 0 Å². The van der Waals surface area contributed by atoms with Crippen molar-refractivity contribution in [3.05, 3.63) is 28.8 Å². The highest BCUT2D eigenvalue weighted by Crippen LogP contribution is 2.26. The van der Waals surface area contributed by atoms with Crippen LogP contribution in [0.25, 0.3) is 0 Å². The minimum Gasteiger partial charge on any atom is -0.480 e. The van der Waals surface area contributed by atoms with Gasteiger partial charge in [-0.05, 0) is 37.5 Å². The molecule has 0 aliphatic heterocycles. The predicted molar refractivity (Wildman–Crippen MR) is 81.8 cm³/mol. The summed E-state index contributed by atoms with van der Waals surface area (Å²) in [6.07, 6.45) is 3.75. The molecule has 0 heterocycles. The maximum absolute atomic E-state index is 12.4. The number of carboxylic acid groups (broad SMARTS) is 1. The number of rotatable bonds is 4. The van der Waals surface area contributed by atoms with Crippen LogP contribution in [0, 0.1) is 6.92 Å². The molecule has 0 unspecified atom stereocenters. The maximum atomic E-state index is 12.4. The molecule has 21 heavy (non-hydrogen) atoms. The summed E-state index contributed by atoms with van der Waals surface area (Å²) in [5.74, 6) is -1.01. The molecule has 1 fully saturated rings. The van der Waals surface area contributed by atoms with Gasteiger partial charge in [-0.3, -0.25) is 4.79 Å². The van der Waals surface area contributed by atoms with Crippen LogP contribution in [0.15, 0.2) is 18.2 Å². The predicted octanol–water partition coefficient (Wildman–Crippen LogP) is 3.51. The van der Waals surface area contributed by atoms with E-state index in [1.165, 1.54) is 4.90 Å². The van der Waals surface area contributed by atoms with Gasteiger partial charge in [0, 0.05) is 6.04 Å². The van der Waals surface area contributed by atoms with Gasteiger partial charge in [-0.25, -0.2) is 4.79 Å². The van der Waals surface area contributed by atoms with E-state index in [0.29, 0.717) is 10.7 Å². The molecule has 1 aromatic carbocycles. The number of anilines is 1. The van der Waals surface area contributed by atoms with Gasteiger partial charge in [0.05, 0.1) is 10.7 Å². The lowest BCUT2D eigenvalue weighted by molar-refractivity contribution is -0.138.